The molecule has 10 rings (SSSR count). The zero-order valence-corrected chi connectivity index (χ0v) is 15.2. The van der Waals surface area contributed by atoms with Gasteiger partial charge in [-0.1, -0.05) is 0 Å². The monoisotopic (exact) mass is 356 g/mol. The Labute approximate surface area is 141 Å². The molecule has 9 atom stereocenters. The predicted octanol–water partition coefficient (Wildman–Crippen LogP) is 5.75. The van der Waals surface area contributed by atoms with Crippen LogP contribution in [0.25, 0.3) is 0 Å². The minimum Gasteiger partial charge on any atom is -0.289 e. The molecule has 0 amide bonds. The summed E-state index contributed by atoms with van der Waals surface area (Å²) < 4.78 is 13.3. The fraction of sp³-hybridized carbons (Fsp3) is 1.00. The van der Waals surface area contributed by atoms with Gasteiger partial charge in [-0.2, -0.15) is 0 Å². The molecule has 0 aromatic heterocycles. The third-order valence-corrected chi connectivity index (χ3v) is 14.1. The molecule has 10 aliphatic rings. The molecule has 11 bridgehead atoms. The largest absolute Gasteiger partial charge is 0.289 e. The molecule has 0 aromatic rings. The van der Waals surface area contributed by atoms with Crippen LogP contribution in [0.4, 0.5) is 0 Å². The summed E-state index contributed by atoms with van der Waals surface area (Å²) >= 11 is 13.3. The van der Waals surface area contributed by atoms with Crippen molar-refractivity contribution in [2.75, 3.05) is 0 Å². The van der Waals surface area contributed by atoms with E-state index in [4.69, 9.17) is 22.5 Å². The molecule has 0 aliphatic heterocycles. The van der Waals surface area contributed by atoms with Gasteiger partial charge in [-0.15, -0.1) is 0 Å². The molecule has 0 aromatic carbocycles. The number of rotatable bonds is 1. The van der Waals surface area contributed by atoms with E-state index in [0.29, 0.717) is 23.2 Å². The molecule has 0 N–H and O–H groups in total. The van der Waals surface area contributed by atoms with E-state index in [9.17, 15) is 4.57 Å². The zero-order valence-electron chi connectivity index (χ0n) is 12.8. The van der Waals surface area contributed by atoms with Gasteiger partial charge in [-0.3, -0.25) is 4.57 Å². The van der Waals surface area contributed by atoms with E-state index < -0.39 is 5.85 Å². The fourth-order valence-electron chi connectivity index (χ4n) is 10.6. The van der Waals surface area contributed by atoms with E-state index in [1.807, 2.05) is 0 Å². The normalized spacial score (nSPS) is 71.8. The Kier molecular flexibility index (Phi) is 2.01. The van der Waals surface area contributed by atoms with Crippen LogP contribution in [0, 0.1) is 58.7 Å². The van der Waals surface area contributed by atoms with E-state index in [-0.39, 0.29) is 5.16 Å². The van der Waals surface area contributed by atoms with Crippen molar-refractivity contribution in [3.8, 4) is 0 Å². The van der Waals surface area contributed by atoms with E-state index in [0.717, 1.165) is 35.5 Å². The summed E-state index contributed by atoms with van der Waals surface area (Å²) in [5.74, 6) is 4.43. The standard InChI is InChI=1S/C18H23Cl2OP/c19-22(20,21)18-10-3-9(4-10)17-7-8-1-13-12(14(2-8)16(17)18)5-11(18)6-15(13)17/h8-16H,1-7H2/t8-,9?,10?,11?,12?,13+,14-,15?,16?,17-,18?/m0/s1. The maximum Gasteiger partial charge on any atom is 0.259 e. The van der Waals surface area contributed by atoms with Crippen molar-refractivity contribution in [2.24, 2.45) is 58.7 Å². The molecule has 10 aliphatic carbocycles. The highest BCUT2D eigenvalue weighted by Crippen LogP contribution is 2.94. The maximum absolute atomic E-state index is 13.3. The topological polar surface area (TPSA) is 17.1 Å². The van der Waals surface area contributed by atoms with Crippen LogP contribution in [0.3, 0.4) is 0 Å². The highest BCUT2D eigenvalue weighted by molar-refractivity contribution is 8.09. The number of hydrogen-bond acceptors (Lipinski definition) is 1. The van der Waals surface area contributed by atoms with Crippen LogP contribution < -0.4 is 0 Å². The molecule has 10 fully saturated rings. The van der Waals surface area contributed by atoms with Crippen LogP contribution in [0.5, 0.6) is 0 Å². The van der Waals surface area contributed by atoms with Gasteiger partial charge in [-0.05, 0) is 126 Å². The first-order chi connectivity index (χ1) is 10.5. The van der Waals surface area contributed by atoms with E-state index in [1.165, 1.54) is 44.9 Å². The smallest absolute Gasteiger partial charge is 0.259 e. The zero-order chi connectivity index (χ0) is 14.6. The van der Waals surface area contributed by atoms with Crippen molar-refractivity contribution in [3.63, 3.8) is 0 Å². The molecule has 1 nitrogen and oxygen atoms in total. The van der Waals surface area contributed by atoms with Crippen LogP contribution in [-0.2, 0) is 4.57 Å². The maximum atomic E-state index is 13.3. The highest BCUT2D eigenvalue weighted by atomic mass is 35.9. The number of hydrogen-bond donors (Lipinski definition) is 0. The summed E-state index contributed by atoms with van der Waals surface area (Å²) in [6.45, 7) is 0. The van der Waals surface area contributed by atoms with Gasteiger partial charge in [-0.25, -0.2) is 0 Å². The van der Waals surface area contributed by atoms with Gasteiger partial charge < -0.3 is 0 Å². The van der Waals surface area contributed by atoms with Crippen molar-refractivity contribution in [1.82, 2.24) is 0 Å². The van der Waals surface area contributed by atoms with E-state index >= 15 is 0 Å². The second kappa shape index (κ2) is 3.39. The first-order valence-corrected chi connectivity index (χ1v) is 13.0. The van der Waals surface area contributed by atoms with Crippen molar-refractivity contribution >= 4 is 28.3 Å². The molecular weight excluding hydrogens is 334 g/mol. The first-order valence-electron chi connectivity index (χ1n) is 9.47. The van der Waals surface area contributed by atoms with Gasteiger partial charge in [0.1, 0.15) is 0 Å². The summed E-state index contributed by atoms with van der Waals surface area (Å²) in [6, 6.07) is 0. The quantitative estimate of drug-likeness (QED) is 0.546. The summed E-state index contributed by atoms with van der Waals surface area (Å²) in [7, 11) is 0. The van der Waals surface area contributed by atoms with Gasteiger partial charge in [0.2, 0.25) is 0 Å². The van der Waals surface area contributed by atoms with Crippen LogP contribution in [0.1, 0.15) is 44.9 Å². The van der Waals surface area contributed by atoms with Crippen LogP contribution in [0.2, 0.25) is 0 Å². The molecule has 5 unspecified atom stereocenters. The van der Waals surface area contributed by atoms with Crippen LogP contribution in [0.15, 0.2) is 0 Å². The summed E-state index contributed by atoms with van der Waals surface area (Å²) in [5, 5.41) is -0.157. The van der Waals surface area contributed by atoms with Crippen LogP contribution >= 0.6 is 28.3 Å². The Morgan fingerprint density at radius 1 is 0.818 bits per heavy atom. The second-order valence-corrected chi connectivity index (χ2v) is 15.2. The van der Waals surface area contributed by atoms with E-state index in [2.05, 4.69) is 0 Å². The lowest BCUT2D eigenvalue weighted by Gasteiger charge is -2.86. The minimum absolute atomic E-state index is 0.157. The summed E-state index contributed by atoms with van der Waals surface area (Å²) in [6.07, 6.45) is 9.65. The Hall–Kier alpha value is 0.810. The fourth-order valence-corrected chi connectivity index (χ4v) is 14.9. The molecule has 0 saturated heterocycles. The molecule has 120 valence electrons. The molecule has 10 saturated carbocycles. The van der Waals surface area contributed by atoms with Gasteiger partial charge >= 0.3 is 0 Å². The van der Waals surface area contributed by atoms with Crippen molar-refractivity contribution in [1.29, 1.82) is 0 Å². The highest BCUT2D eigenvalue weighted by Gasteiger charge is 2.86. The van der Waals surface area contributed by atoms with Crippen molar-refractivity contribution in [3.05, 3.63) is 0 Å². The number of halogens is 2. The predicted molar refractivity (Wildman–Crippen MR) is 88.2 cm³/mol. The molecular formula is C18H23Cl2OP. The van der Waals surface area contributed by atoms with Gasteiger partial charge in [0.25, 0.3) is 5.85 Å². The average molecular weight is 357 g/mol. The molecule has 22 heavy (non-hydrogen) atoms. The lowest BCUT2D eigenvalue weighted by molar-refractivity contribution is -0.342. The molecule has 0 radical (unpaired) electrons. The summed E-state index contributed by atoms with van der Waals surface area (Å²) in [5.41, 5.74) is 0.526. The van der Waals surface area contributed by atoms with Crippen molar-refractivity contribution < 1.29 is 4.57 Å². The Bertz CT molecular complexity index is 653. The van der Waals surface area contributed by atoms with Crippen LogP contribution in [-0.4, -0.2) is 5.16 Å². The van der Waals surface area contributed by atoms with E-state index in [1.54, 1.807) is 0 Å². The van der Waals surface area contributed by atoms with Gasteiger partial charge in [0.05, 0.1) is 5.16 Å². The lowest BCUT2D eigenvalue weighted by atomic mass is 9.21. The third-order valence-electron chi connectivity index (χ3n) is 10.4. The van der Waals surface area contributed by atoms with Gasteiger partial charge in [0, 0.05) is 0 Å². The minimum atomic E-state index is -3.08. The van der Waals surface area contributed by atoms with Crippen molar-refractivity contribution in [2.45, 2.75) is 50.1 Å². The Morgan fingerprint density at radius 2 is 1.55 bits per heavy atom. The Balaban J connectivity index is 1.57. The lowest BCUT2D eigenvalue weighted by Crippen LogP contribution is -2.83. The SMILES string of the molecule is O=P(Cl)(Cl)C12C3CC(C3)[C@@]34C[C@H]5C[C@@H]6C(CC1CC63)[C@H](C5)C24. The van der Waals surface area contributed by atoms with Gasteiger partial charge in [0.15, 0.2) is 0 Å². The average Bonchev–Trinajstić information content (AvgIpc) is 2.41. The third kappa shape index (κ3) is 0.990. The summed E-state index contributed by atoms with van der Waals surface area (Å²) in [4.78, 5) is 0. The molecule has 0 heterocycles. The Morgan fingerprint density at radius 3 is 2.32 bits per heavy atom. The molecule has 4 heteroatoms. The molecule has 1 spiro atoms. The first kappa shape index (κ1) is 13.1. The second-order valence-electron chi connectivity index (χ2n) is 10.1.